The maximum Gasteiger partial charge on any atom is 0.231 e. The van der Waals surface area contributed by atoms with Crippen LogP contribution in [0.1, 0.15) is 35.6 Å². The number of hydrogen-bond acceptors (Lipinski definition) is 4. The second kappa shape index (κ2) is 9.26. The average Bonchev–Trinajstić information content (AvgIpc) is 2.77. The largest absolute Gasteiger partial charge is 0.369 e. The van der Waals surface area contributed by atoms with Crippen molar-refractivity contribution in [2.75, 3.05) is 18.0 Å². The molecule has 1 unspecified atom stereocenters. The van der Waals surface area contributed by atoms with E-state index in [9.17, 15) is 4.79 Å². The second-order valence-corrected chi connectivity index (χ2v) is 8.26. The molecule has 1 aromatic heterocycles. The van der Waals surface area contributed by atoms with Crippen LogP contribution in [0.4, 0.5) is 5.82 Å². The Kier molecular flexibility index (Phi) is 6.29. The number of carbonyl (C=O) groups is 1. The van der Waals surface area contributed by atoms with Crippen molar-refractivity contribution in [3.8, 4) is 0 Å². The molecule has 1 saturated heterocycles. The molecule has 2 N–H and O–H groups in total. The van der Waals surface area contributed by atoms with Gasteiger partial charge < -0.3 is 10.6 Å². The highest BCUT2D eigenvalue weighted by atomic mass is 35.5. The minimum Gasteiger partial charge on any atom is -0.369 e. The molecular weight excluding hydrogens is 396 g/mol. The van der Waals surface area contributed by atoms with Gasteiger partial charge in [0.25, 0.3) is 0 Å². The molecule has 1 amide bonds. The molecule has 30 heavy (non-hydrogen) atoms. The molecule has 0 radical (unpaired) electrons. The molecule has 0 spiro atoms. The number of hydrogen-bond donors (Lipinski definition) is 1. The number of halogens is 1. The molecule has 4 rings (SSSR count). The monoisotopic (exact) mass is 420 g/mol. The standard InChI is InChI=1S/C24H25ClN4O/c25-20-8-6-19(7-9-20)23(24(26)30)21-10-11-22(28-27-21)29-14-12-18(13-15-29)16-17-4-2-1-3-5-17/h1-11,18,23H,12-16H2,(H2,26,30). The van der Waals surface area contributed by atoms with Crippen LogP contribution in [0.3, 0.4) is 0 Å². The lowest BCUT2D eigenvalue weighted by atomic mass is 9.90. The fourth-order valence-corrected chi connectivity index (χ4v) is 4.23. The van der Waals surface area contributed by atoms with Crippen molar-refractivity contribution in [3.63, 3.8) is 0 Å². The SMILES string of the molecule is NC(=O)C(c1ccc(Cl)cc1)c1ccc(N2CCC(Cc3ccccc3)CC2)nn1. The number of anilines is 1. The molecule has 0 bridgehead atoms. The summed E-state index contributed by atoms with van der Waals surface area (Å²) in [6, 6.07) is 21.5. The Morgan fingerprint density at radius 2 is 1.70 bits per heavy atom. The number of amides is 1. The van der Waals surface area contributed by atoms with Gasteiger partial charge in [-0.1, -0.05) is 54.1 Å². The lowest BCUT2D eigenvalue weighted by Gasteiger charge is -2.32. The first-order chi connectivity index (χ1) is 14.6. The van der Waals surface area contributed by atoms with Crippen LogP contribution in [0, 0.1) is 5.92 Å². The molecule has 1 fully saturated rings. The number of benzene rings is 2. The molecule has 6 heteroatoms. The Morgan fingerprint density at radius 3 is 2.30 bits per heavy atom. The first-order valence-electron chi connectivity index (χ1n) is 10.3. The van der Waals surface area contributed by atoms with Crippen molar-refractivity contribution in [2.24, 2.45) is 11.7 Å². The molecule has 0 aliphatic carbocycles. The second-order valence-electron chi connectivity index (χ2n) is 7.82. The van der Waals surface area contributed by atoms with Crippen LogP contribution in [0.25, 0.3) is 0 Å². The van der Waals surface area contributed by atoms with Crippen molar-refractivity contribution in [2.45, 2.75) is 25.2 Å². The summed E-state index contributed by atoms with van der Waals surface area (Å²) in [6.07, 6.45) is 3.39. The van der Waals surface area contributed by atoms with Crippen molar-refractivity contribution < 1.29 is 4.79 Å². The lowest BCUT2D eigenvalue weighted by molar-refractivity contribution is -0.118. The zero-order valence-electron chi connectivity index (χ0n) is 16.7. The van der Waals surface area contributed by atoms with Gasteiger partial charge in [0.2, 0.25) is 5.91 Å². The van der Waals surface area contributed by atoms with Crippen LogP contribution >= 0.6 is 11.6 Å². The Balaban J connectivity index is 1.41. The van der Waals surface area contributed by atoms with E-state index in [2.05, 4.69) is 45.4 Å². The van der Waals surface area contributed by atoms with E-state index in [1.54, 1.807) is 24.3 Å². The van der Waals surface area contributed by atoms with Crippen LogP contribution in [0.5, 0.6) is 0 Å². The van der Waals surface area contributed by atoms with Crippen LogP contribution in [0.2, 0.25) is 5.02 Å². The fraction of sp³-hybridized carbons (Fsp3) is 0.292. The van der Waals surface area contributed by atoms with Crippen LogP contribution < -0.4 is 10.6 Å². The smallest absolute Gasteiger partial charge is 0.231 e. The summed E-state index contributed by atoms with van der Waals surface area (Å²) in [4.78, 5) is 14.3. The molecule has 5 nitrogen and oxygen atoms in total. The zero-order valence-corrected chi connectivity index (χ0v) is 17.5. The van der Waals surface area contributed by atoms with E-state index in [0.717, 1.165) is 43.7 Å². The van der Waals surface area contributed by atoms with Crippen LogP contribution in [0.15, 0.2) is 66.7 Å². The number of carbonyl (C=O) groups excluding carboxylic acids is 1. The van der Waals surface area contributed by atoms with E-state index in [0.29, 0.717) is 16.6 Å². The average molecular weight is 421 g/mol. The van der Waals surface area contributed by atoms with Gasteiger partial charge >= 0.3 is 0 Å². The number of rotatable bonds is 6. The number of nitrogens with two attached hydrogens (primary N) is 1. The molecule has 1 aliphatic heterocycles. The van der Waals surface area contributed by atoms with Gasteiger partial charge in [-0.05, 0) is 60.6 Å². The molecule has 1 aliphatic rings. The zero-order chi connectivity index (χ0) is 20.9. The van der Waals surface area contributed by atoms with Crippen molar-refractivity contribution >= 4 is 23.3 Å². The third kappa shape index (κ3) is 4.79. The number of aromatic nitrogens is 2. The normalized spacial score (nSPS) is 15.7. The van der Waals surface area contributed by atoms with Crippen molar-refractivity contribution in [1.29, 1.82) is 0 Å². The topological polar surface area (TPSA) is 72.1 Å². The highest BCUT2D eigenvalue weighted by Gasteiger charge is 2.24. The predicted octanol–water partition coefficient (Wildman–Crippen LogP) is 4.21. The van der Waals surface area contributed by atoms with E-state index in [-0.39, 0.29) is 0 Å². The molecule has 2 heterocycles. The van der Waals surface area contributed by atoms with E-state index in [1.165, 1.54) is 5.56 Å². The summed E-state index contributed by atoms with van der Waals surface area (Å²) >= 11 is 5.95. The van der Waals surface area contributed by atoms with Gasteiger partial charge in [0.05, 0.1) is 5.69 Å². The molecule has 154 valence electrons. The van der Waals surface area contributed by atoms with E-state index in [4.69, 9.17) is 17.3 Å². The predicted molar refractivity (Wildman–Crippen MR) is 120 cm³/mol. The van der Waals surface area contributed by atoms with Gasteiger partial charge in [-0.2, -0.15) is 5.10 Å². The maximum absolute atomic E-state index is 12.1. The Hall–Kier alpha value is -2.92. The molecule has 3 aromatic rings. The number of piperidine rings is 1. The van der Waals surface area contributed by atoms with E-state index >= 15 is 0 Å². The Morgan fingerprint density at radius 1 is 1.00 bits per heavy atom. The van der Waals surface area contributed by atoms with Crippen LogP contribution in [-0.2, 0) is 11.2 Å². The number of nitrogens with zero attached hydrogens (tertiary/aromatic N) is 3. The highest BCUT2D eigenvalue weighted by molar-refractivity contribution is 6.30. The van der Waals surface area contributed by atoms with Crippen LogP contribution in [-0.4, -0.2) is 29.2 Å². The van der Waals surface area contributed by atoms with Gasteiger partial charge in [0.1, 0.15) is 5.92 Å². The Labute approximate surface area is 181 Å². The van der Waals surface area contributed by atoms with Gasteiger partial charge in [0, 0.05) is 18.1 Å². The summed E-state index contributed by atoms with van der Waals surface area (Å²) in [7, 11) is 0. The van der Waals surface area contributed by atoms with E-state index in [1.807, 2.05) is 12.1 Å². The van der Waals surface area contributed by atoms with Gasteiger partial charge in [-0.15, -0.1) is 5.10 Å². The minimum atomic E-state index is -0.638. The summed E-state index contributed by atoms with van der Waals surface area (Å²) < 4.78 is 0. The first-order valence-corrected chi connectivity index (χ1v) is 10.7. The quantitative estimate of drug-likeness (QED) is 0.648. The summed E-state index contributed by atoms with van der Waals surface area (Å²) in [5, 5.41) is 9.35. The van der Waals surface area contributed by atoms with Crippen molar-refractivity contribution in [1.82, 2.24) is 10.2 Å². The Bertz CT molecular complexity index is 968. The van der Waals surface area contributed by atoms with Gasteiger partial charge in [0.15, 0.2) is 5.82 Å². The summed E-state index contributed by atoms with van der Waals surface area (Å²) in [6.45, 7) is 1.92. The van der Waals surface area contributed by atoms with Gasteiger partial charge in [-0.3, -0.25) is 4.79 Å². The third-order valence-electron chi connectivity index (χ3n) is 5.76. The maximum atomic E-state index is 12.1. The molecular formula is C24H25ClN4O. The fourth-order valence-electron chi connectivity index (χ4n) is 4.11. The molecule has 2 aromatic carbocycles. The lowest BCUT2D eigenvalue weighted by Crippen LogP contribution is -2.35. The van der Waals surface area contributed by atoms with E-state index < -0.39 is 11.8 Å². The van der Waals surface area contributed by atoms with Gasteiger partial charge in [-0.25, -0.2) is 0 Å². The molecule has 0 saturated carbocycles. The minimum absolute atomic E-state index is 0.457. The number of primary amides is 1. The molecule has 1 atom stereocenters. The highest BCUT2D eigenvalue weighted by Crippen LogP contribution is 2.27. The van der Waals surface area contributed by atoms with Crippen molar-refractivity contribution in [3.05, 3.63) is 88.6 Å². The third-order valence-corrected chi connectivity index (χ3v) is 6.01. The summed E-state index contributed by atoms with van der Waals surface area (Å²) in [5.41, 5.74) is 8.36. The summed E-state index contributed by atoms with van der Waals surface area (Å²) in [5.74, 6) is 0.442. The first kappa shape index (κ1) is 20.4.